The van der Waals surface area contributed by atoms with Gasteiger partial charge in [-0.3, -0.25) is 9.78 Å². The van der Waals surface area contributed by atoms with Crippen LogP contribution in [-0.2, 0) is 4.79 Å². The van der Waals surface area contributed by atoms with Gasteiger partial charge in [-0.1, -0.05) is 19.3 Å². The smallest absolute Gasteiger partial charge is 0.305 e. The van der Waals surface area contributed by atoms with E-state index in [0.29, 0.717) is 18.3 Å². The first-order valence-electron chi connectivity index (χ1n) is 7.48. The molecular formula is C15H23N3O3. The fourth-order valence-corrected chi connectivity index (χ4v) is 3.08. The zero-order chi connectivity index (χ0) is 15.3. The molecule has 1 fully saturated rings. The fraction of sp³-hybridized carbons (Fsp3) is 0.667. The highest BCUT2D eigenvalue weighted by Gasteiger charge is 2.39. The number of hydrogen-bond acceptors (Lipinski definition) is 5. The van der Waals surface area contributed by atoms with Gasteiger partial charge < -0.3 is 14.7 Å². The maximum absolute atomic E-state index is 11.3. The standard InChI is InChI=1S/C15H23N3O3/c1-3-21-13-11-16-10-12(17-13)18(2)15(9-14(19)20)7-5-4-6-8-15/h10-11H,3-9H2,1-2H3,(H,19,20). The molecule has 21 heavy (non-hydrogen) atoms. The van der Waals surface area contributed by atoms with E-state index in [0.717, 1.165) is 25.7 Å². The number of carbonyl (C=O) groups is 1. The van der Waals surface area contributed by atoms with Gasteiger partial charge in [0.1, 0.15) is 0 Å². The molecule has 6 heteroatoms. The molecule has 0 unspecified atom stereocenters. The van der Waals surface area contributed by atoms with Gasteiger partial charge in [0.25, 0.3) is 0 Å². The highest BCUT2D eigenvalue weighted by atomic mass is 16.5. The second kappa shape index (κ2) is 6.74. The Labute approximate surface area is 125 Å². The molecule has 0 aliphatic heterocycles. The van der Waals surface area contributed by atoms with Crippen molar-refractivity contribution in [2.75, 3.05) is 18.6 Å². The number of carboxylic acids is 1. The van der Waals surface area contributed by atoms with Gasteiger partial charge in [0.05, 0.1) is 31.0 Å². The third-order valence-electron chi connectivity index (χ3n) is 4.21. The van der Waals surface area contributed by atoms with Crippen molar-refractivity contribution >= 4 is 11.8 Å². The molecule has 0 saturated heterocycles. The maximum Gasteiger partial charge on any atom is 0.305 e. The van der Waals surface area contributed by atoms with Crippen LogP contribution in [0.3, 0.4) is 0 Å². The summed E-state index contributed by atoms with van der Waals surface area (Å²) in [5.74, 6) is 0.380. The van der Waals surface area contributed by atoms with Gasteiger partial charge in [-0.15, -0.1) is 0 Å². The third-order valence-corrected chi connectivity index (χ3v) is 4.21. The van der Waals surface area contributed by atoms with Crippen molar-refractivity contribution in [3.63, 3.8) is 0 Å². The summed E-state index contributed by atoms with van der Waals surface area (Å²) >= 11 is 0. The first-order chi connectivity index (χ1) is 10.1. The average molecular weight is 293 g/mol. The molecule has 0 radical (unpaired) electrons. The number of aromatic nitrogens is 2. The number of aliphatic carboxylic acids is 1. The second-order valence-electron chi connectivity index (χ2n) is 5.56. The first kappa shape index (κ1) is 15.5. The zero-order valence-corrected chi connectivity index (χ0v) is 12.7. The van der Waals surface area contributed by atoms with Gasteiger partial charge in [0.15, 0.2) is 5.82 Å². The minimum atomic E-state index is -0.766. The van der Waals surface area contributed by atoms with Gasteiger partial charge in [-0.2, -0.15) is 4.98 Å². The van der Waals surface area contributed by atoms with Gasteiger partial charge >= 0.3 is 5.97 Å². The summed E-state index contributed by atoms with van der Waals surface area (Å²) in [6.07, 6.45) is 8.38. The lowest BCUT2D eigenvalue weighted by Gasteiger charge is -2.44. The van der Waals surface area contributed by atoms with E-state index in [-0.39, 0.29) is 12.0 Å². The van der Waals surface area contributed by atoms with E-state index in [4.69, 9.17) is 4.74 Å². The normalized spacial score (nSPS) is 17.2. The van der Waals surface area contributed by atoms with Crippen LogP contribution in [0.15, 0.2) is 12.4 Å². The van der Waals surface area contributed by atoms with E-state index in [1.54, 1.807) is 12.4 Å². The van der Waals surface area contributed by atoms with E-state index in [9.17, 15) is 9.90 Å². The molecular weight excluding hydrogens is 270 g/mol. The third kappa shape index (κ3) is 3.62. The lowest BCUT2D eigenvalue weighted by molar-refractivity contribution is -0.138. The van der Waals surface area contributed by atoms with Crippen molar-refractivity contribution < 1.29 is 14.6 Å². The Balaban J connectivity index is 2.26. The first-order valence-corrected chi connectivity index (χ1v) is 7.48. The lowest BCUT2D eigenvalue weighted by Crippen LogP contribution is -2.50. The number of rotatable bonds is 6. The molecule has 1 heterocycles. The monoisotopic (exact) mass is 293 g/mol. The summed E-state index contributed by atoms with van der Waals surface area (Å²) in [4.78, 5) is 21.9. The van der Waals surface area contributed by atoms with Crippen LogP contribution in [0.2, 0.25) is 0 Å². The predicted octanol–water partition coefficient (Wildman–Crippen LogP) is 2.49. The highest BCUT2D eigenvalue weighted by molar-refractivity contribution is 5.69. The molecule has 0 aromatic carbocycles. The van der Waals surface area contributed by atoms with Crippen molar-refractivity contribution in [1.29, 1.82) is 0 Å². The van der Waals surface area contributed by atoms with Gasteiger partial charge in [-0.25, -0.2) is 0 Å². The summed E-state index contributed by atoms with van der Waals surface area (Å²) < 4.78 is 5.38. The summed E-state index contributed by atoms with van der Waals surface area (Å²) in [5.41, 5.74) is -0.371. The van der Waals surface area contributed by atoms with Crippen LogP contribution in [-0.4, -0.2) is 40.2 Å². The fourth-order valence-electron chi connectivity index (χ4n) is 3.08. The van der Waals surface area contributed by atoms with Crippen LogP contribution in [0.25, 0.3) is 0 Å². The van der Waals surface area contributed by atoms with Gasteiger partial charge in [0, 0.05) is 7.05 Å². The molecule has 0 amide bonds. The molecule has 1 saturated carbocycles. The van der Waals surface area contributed by atoms with Crippen LogP contribution >= 0.6 is 0 Å². The van der Waals surface area contributed by atoms with Gasteiger partial charge in [-0.05, 0) is 19.8 Å². The molecule has 0 spiro atoms. The quantitative estimate of drug-likeness (QED) is 0.868. The Bertz CT molecular complexity index is 487. The molecule has 1 aromatic rings. The van der Waals surface area contributed by atoms with Crippen molar-refractivity contribution in [2.24, 2.45) is 0 Å². The number of hydrogen-bond donors (Lipinski definition) is 1. The Morgan fingerprint density at radius 3 is 2.71 bits per heavy atom. The Morgan fingerprint density at radius 2 is 2.10 bits per heavy atom. The lowest BCUT2D eigenvalue weighted by atomic mass is 9.78. The van der Waals surface area contributed by atoms with Crippen LogP contribution in [0, 0.1) is 0 Å². The maximum atomic E-state index is 11.3. The van der Waals surface area contributed by atoms with Crippen molar-refractivity contribution in [3.8, 4) is 5.88 Å². The summed E-state index contributed by atoms with van der Waals surface area (Å²) in [5, 5.41) is 9.28. The van der Waals surface area contributed by atoms with E-state index < -0.39 is 5.97 Å². The molecule has 116 valence electrons. The minimum Gasteiger partial charge on any atom is -0.481 e. The second-order valence-corrected chi connectivity index (χ2v) is 5.56. The molecule has 1 N–H and O–H groups in total. The molecule has 0 bridgehead atoms. The molecule has 1 aliphatic carbocycles. The van der Waals surface area contributed by atoms with E-state index in [2.05, 4.69) is 9.97 Å². The van der Waals surface area contributed by atoms with Gasteiger partial charge in [0.2, 0.25) is 5.88 Å². The van der Waals surface area contributed by atoms with Crippen molar-refractivity contribution in [3.05, 3.63) is 12.4 Å². The van der Waals surface area contributed by atoms with E-state index >= 15 is 0 Å². The summed E-state index contributed by atoms with van der Waals surface area (Å²) in [6, 6.07) is 0. The van der Waals surface area contributed by atoms with Crippen LogP contribution < -0.4 is 9.64 Å². The zero-order valence-electron chi connectivity index (χ0n) is 12.7. The minimum absolute atomic E-state index is 0.129. The topological polar surface area (TPSA) is 75.5 Å². The largest absolute Gasteiger partial charge is 0.481 e. The average Bonchev–Trinajstić information content (AvgIpc) is 2.47. The van der Waals surface area contributed by atoms with Crippen LogP contribution in [0.1, 0.15) is 45.4 Å². The number of carboxylic acid groups (broad SMARTS) is 1. The molecule has 1 aromatic heterocycles. The van der Waals surface area contributed by atoms with E-state index in [1.807, 2.05) is 18.9 Å². The van der Waals surface area contributed by atoms with E-state index in [1.165, 1.54) is 6.42 Å². The molecule has 1 aliphatic rings. The number of anilines is 1. The summed E-state index contributed by atoms with van der Waals surface area (Å²) in [7, 11) is 1.91. The molecule has 2 rings (SSSR count). The summed E-state index contributed by atoms with van der Waals surface area (Å²) in [6.45, 7) is 2.42. The van der Waals surface area contributed by atoms with Crippen molar-refractivity contribution in [2.45, 2.75) is 51.0 Å². The molecule has 0 atom stereocenters. The number of ether oxygens (including phenoxy) is 1. The SMILES string of the molecule is CCOc1cncc(N(C)C2(CC(=O)O)CCCCC2)n1. The van der Waals surface area contributed by atoms with Crippen LogP contribution in [0.4, 0.5) is 5.82 Å². The Kier molecular flexibility index (Phi) is 4.98. The predicted molar refractivity (Wildman–Crippen MR) is 79.7 cm³/mol. The Morgan fingerprint density at radius 1 is 1.38 bits per heavy atom. The molecule has 6 nitrogen and oxygen atoms in total. The van der Waals surface area contributed by atoms with Crippen LogP contribution in [0.5, 0.6) is 5.88 Å². The van der Waals surface area contributed by atoms with Crippen molar-refractivity contribution in [1.82, 2.24) is 9.97 Å². The Hall–Kier alpha value is -1.85. The highest BCUT2D eigenvalue weighted by Crippen LogP contribution is 2.38. The number of nitrogens with zero attached hydrogens (tertiary/aromatic N) is 3.